The van der Waals surface area contributed by atoms with Crippen molar-refractivity contribution in [2.24, 2.45) is 0 Å². The molecule has 1 aromatic heterocycles. The van der Waals surface area contributed by atoms with Crippen molar-refractivity contribution < 1.29 is 9.18 Å². The van der Waals surface area contributed by atoms with Gasteiger partial charge in [-0.3, -0.25) is 4.79 Å². The molecule has 0 radical (unpaired) electrons. The maximum absolute atomic E-state index is 12.8. The predicted octanol–water partition coefficient (Wildman–Crippen LogP) is 3.08. The summed E-state index contributed by atoms with van der Waals surface area (Å²) in [4.78, 5) is 16.2. The molecule has 0 saturated carbocycles. The average Bonchev–Trinajstić information content (AvgIpc) is 2.75. The lowest BCUT2D eigenvalue weighted by Gasteiger charge is -2.16. The zero-order valence-electron chi connectivity index (χ0n) is 9.08. The minimum Gasteiger partial charge on any atom is -0.356 e. The molecule has 0 fully saturated rings. The molecule has 17 heavy (non-hydrogen) atoms. The van der Waals surface area contributed by atoms with Gasteiger partial charge in [0.1, 0.15) is 11.5 Å². The van der Waals surface area contributed by atoms with Crippen molar-refractivity contribution in [1.82, 2.24) is 4.98 Å². The van der Waals surface area contributed by atoms with Gasteiger partial charge in [0.2, 0.25) is 0 Å². The molecular formula is C12H10ClFN2O. The van der Waals surface area contributed by atoms with Crippen LogP contribution >= 0.6 is 11.6 Å². The number of aromatic nitrogens is 1. The van der Waals surface area contributed by atoms with E-state index in [-0.39, 0.29) is 11.7 Å². The van der Waals surface area contributed by atoms with Crippen molar-refractivity contribution >= 4 is 23.2 Å². The number of aromatic amines is 1. The standard InChI is InChI=1S/C12H10ClFN2O/c1-16(10-4-2-9(14)3-5-10)12(17)11-6-8(13)7-15-11/h2-7,15H,1H3. The summed E-state index contributed by atoms with van der Waals surface area (Å²) in [5, 5.41) is 0.473. The van der Waals surface area contributed by atoms with Gasteiger partial charge in [-0.2, -0.15) is 0 Å². The summed E-state index contributed by atoms with van der Waals surface area (Å²) in [6, 6.07) is 7.24. The average molecular weight is 253 g/mol. The lowest BCUT2D eigenvalue weighted by atomic mass is 10.2. The van der Waals surface area contributed by atoms with E-state index >= 15 is 0 Å². The summed E-state index contributed by atoms with van der Waals surface area (Å²) >= 11 is 5.72. The van der Waals surface area contributed by atoms with Crippen LogP contribution in [-0.2, 0) is 0 Å². The summed E-state index contributed by atoms with van der Waals surface area (Å²) in [5.41, 5.74) is 1.00. The van der Waals surface area contributed by atoms with Crippen LogP contribution in [0.2, 0.25) is 5.02 Å². The Morgan fingerprint density at radius 2 is 2.00 bits per heavy atom. The molecule has 0 aliphatic heterocycles. The molecule has 2 aromatic rings. The van der Waals surface area contributed by atoms with Crippen LogP contribution in [0, 0.1) is 5.82 Å². The summed E-state index contributed by atoms with van der Waals surface area (Å²) in [6.45, 7) is 0. The fourth-order valence-corrected chi connectivity index (χ4v) is 1.62. The molecule has 0 aliphatic rings. The van der Waals surface area contributed by atoms with Crippen LogP contribution in [-0.4, -0.2) is 17.9 Å². The second-order valence-corrected chi connectivity index (χ2v) is 4.01. The smallest absolute Gasteiger partial charge is 0.274 e. The number of H-pyrrole nitrogens is 1. The molecule has 5 heteroatoms. The van der Waals surface area contributed by atoms with Crippen LogP contribution in [0.5, 0.6) is 0 Å². The van der Waals surface area contributed by atoms with Gasteiger partial charge in [0, 0.05) is 18.9 Å². The lowest BCUT2D eigenvalue weighted by molar-refractivity contribution is 0.0989. The Balaban J connectivity index is 2.23. The molecule has 0 atom stereocenters. The number of carbonyl (C=O) groups is 1. The van der Waals surface area contributed by atoms with Crippen LogP contribution in [0.1, 0.15) is 10.5 Å². The normalized spacial score (nSPS) is 10.3. The number of nitrogens with one attached hydrogen (secondary N) is 1. The Morgan fingerprint density at radius 1 is 1.35 bits per heavy atom. The van der Waals surface area contributed by atoms with Gasteiger partial charge in [0.15, 0.2) is 0 Å². The molecule has 0 aliphatic carbocycles. The fourth-order valence-electron chi connectivity index (χ4n) is 1.45. The van der Waals surface area contributed by atoms with E-state index in [0.717, 1.165) is 0 Å². The second kappa shape index (κ2) is 4.59. The van der Waals surface area contributed by atoms with Crippen molar-refractivity contribution in [3.8, 4) is 0 Å². The molecule has 1 amide bonds. The van der Waals surface area contributed by atoms with E-state index in [1.54, 1.807) is 13.1 Å². The van der Waals surface area contributed by atoms with E-state index in [4.69, 9.17) is 11.6 Å². The third kappa shape index (κ3) is 2.47. The Labute approximate surface area is 103 Å². The molecule has 0 unspecified atom stereocenters. The minimum atomic E-state index is -0.336. The number of rotatable bonds is 2. The first-order valence-corrected chi connectivity index (χ1v) is 5.33. The maximum Gasteiger partial charge on any atom is 0.274 e. The number of nitrogens with zero attached hydrogens (tertiary/aromatic N) is 1. The van der Waals surface area contributed by atoms with E-state index in [0.29, 0.717) is 16.4 Å². The highest BCUT2D eigenvalue weighted by Gasteiger charge is 2.14. The number of amides is 1. The Hall–Kier alpha value is -1.81. The zero-order valence-corrected chi connectivity index (χ0v) is 9.83. The van der Waals surface area contributed by atoms with Crippen LogP contribution < -0.4 is 4.90 Å². The monoisotopic (exact) mass is 252 g/mol. The molecule has 1 aromatic carbocycles. The molecule has 2 rings (SSSR count). The van der Waals surface area contributed by atoms with Gasteiger partial charge >= 0.3 is 0 Å². The largest absolute Gasteiger partial charge is 0.356 e. The third-order valence-corrected chi connectivity index (χ3v) is 2.61. The molecule has 3 nitrogen and oxygen atoms in total. The van der Waals surface area contributed by atoms with Crippen molar-refractivity contribution in [3.05, 3.63) is 53.1 Å². The van der Waals surface area contributed by atoms with E-state index in [1.807, 2.05) is 0 Å². The molecule has 0 saturated heterocycles. The minimum absolute atomic E-state index is 0.233. The number of halogens is 2. The highest BCUT2D eigenvalue weighted by Crippen LogP contribution is 2.17. The fraction of sp³-hybridized carbons (Fsp3) is 0.0833. The molecule has 1 N–H and O–H groups in total. The van der Waals surface area contributed by atoms with E-state index in [9.17, 15) is 9.18 Å². The van der Waals surface area contributed by atoms with Crippen LogP contribution in [0.15, 0.2) is 36.5 Å². The van der Waals surface area contributed by atoms with Crippen molar-refractivity contribution in [1.29, 1.82) is 0 Å². The quantitative estimate of drug-likeness (QED) is 0.876. The SMILES string of the molecule is CN(C(=O)c1cc(Cl)c[nH]1)c1ccc(F)cc1. The van der Waals surface area contributed by atoms with Crippen LogP contribution in [0.25, 0.3) is 0 Å². The topological polar surface area (TPSA) is 36.1 Å². The first kappa shape index (κ1) is 11.7. The van der Waals surface area contributed by atoms with Crippen molar-refractivity contribution in [2.45, 2.75) is 0 Å². The van der Waals surface area contributed by atoms with Gasteiger partial charge < -0.3 is 9.88 Å². The van der Waals surface area contributed by atoms with Crippen molar-refractivity contribution in [3.63, 3.8) is 0 Å². The van der Waals surface area contributed by atoms with E-state index < -0.39 is 0 Å². The maximum atomic E-state index is 12.8. The number of hydrogen-bond acceptors (Lipinski definition) is 1. The van der Waals surface area contributed by atoms with Crippen LogP contribution in [0.3, 0.4) is 0 Å². The number of benzene rings is 1. The van der Waals surface area contributed by atoms with Gasteiger partial charge in [-0.25, -0.2) is 4.39 Å². The van der Waals surface area contributed by atoms with Crippen molar-refractivity contribution in [2.75, 3.05) is 11.9 Å². The molecule has 88 valence electrons. The Kier molecular flexibility index (Phi) is 3.15. The summed E-state index contributed by atoms with van der Waals surface area (Å²) in [5.74, 6) is -0.568. The summed E-state index contributed by atoms with van der Waals surface area (Å²) < 4.78 is 12.8. The van der Waals surface area contributed by atoms with E-state index in [2.05, 4.69) is 4.98 Å². The highest BCUT2D eigenvalue weighted by molar-refractivity contribution is 6.31. The van der Waals surface area contributed by atoms with Gasteiger partial charge in [0.25, 0.3) is 5.91 Å². The van der Waals surface area contributed by atoms with Gasteiger partial charge in [-0.05, 0) is 30.3 Å². The number of anilines is 1. The summed E-state index contributed by atoms with van der Waals surface area (Å²) in [7, 11) is 1.62. The zero-order chi connectivity index (χ0) is 12.4. The molecule has 0 spiro atoms. The van der Waals surface area contributed by atoms with Gasteiger partial charge in [0.05, 0.1) is 5.02 Å². The van der Waals surface area contributed by atoms with Gasteiger partial charge in [-0.15, -0.1) is 0 Å². The number of hydrogen-bond donors (Lipinski definition) is 1. The lowest BCUT2D eigenvalue weighted by Crippen LogP contribution is -2.26. The van der Waals surface area contributed by atoms with Crippen LogP contribution in [0.4, 0.5) is 10.1 Å². The number of carbonyl (C=O) groups excluding carboxylic acids is 1. The Bertz CT molecular complexity index is 536. The third-order valence-electron chi connectivity index (χ3n) is 2.40. The van der Waals surface area contributed by atoms with E-state index in [1.165, 1.54) is 35.4 Å². The predicted molar refractivity (Wildman–Crippen MR) is 64.9 cm³/mol. The first-order chi connectivity index (χ1) is 8.08. The molecular weight excluding hydrogens is 243 g/mol. The molecule has 1 heterocycles. The summed E-state index contributed by atoms with van der Waals surface area (Å²) in [6.07, 6.45) is 1.54. The highest BCUT2D eigenvalue weighted by atomic mass is 35.5. The van der Waals surface area contributed by atoms with Gasteiger partial charge in [-0.1, -0.05) is 11.6 Å². The second-order valence-electron chi connectivity index (χ2n) is 3.57. The first-order valence-electron chi connectivity index (χ1n) is 4.95. The molecule has 0 bridgehead atoms. The Morgan fingerprint density at radius 3 is 2.53 bits per heavy atom.